The number of aromatic nitrogens is 2. The van der Waals surface area contributed by atoms with Crippen LogP contribution < -0.4 is 10.2 Å². The van der Waals surface area contributed by atoms with E-state index in [1.165, 1.54) is 5.56 Å². The van der Waals surface area contributed by atoms with Crippen molar-refractivity contribution in [2.45, 2.75) is 19.3 Å². The van der Waals surface area contributed by atoms with Crippen molar-refractivity contribution in [1.29, 1.82) is 0 Å². The Balaban J connectivity index is 1.41. The fraction of sp³-hybridized carbons (Fsp3) is 0.450. The Morgan fingerprint density at radius 3 is 2.42 bits per heavy atom. The van der Waals surface area contributed by atoms with Gasteiger partial charge >= 0.3 is 0 Å². The fourth-order valence-electron chi connectivity index (χ4n) is 3.28. The molecule has 2 aromatic rings. The molecule has 0 bridgehead atoms. The predicted molar refractivity (Wildman–Crippen MR) is 103 cm³/mol. The van der Waals surface area contributed by atoms with Crippen LogP contribution in [0.2, 0.25) is 0 Å². The van der Waals surface area contributed by atoms with Crippen LogP contribution in [-0.4, -0.2) is 60.0 Å². The molecule has 26 heavy (non-hydrogen) atoms. The van der Waals surface area contributed by atoms with Gasteiger partial charge in [0.2, 0.25) is 11.9 Å². The Morgan fingerprint density at radius 1 is 1.08 bits per heavy atom. The zero-order chi connectivity index (χ0) is 18.2. The summed E-state index contributed by atoms with van der Waals surface area (Å²) >= 11 is 0. The van der Waals surface area contributed by atoms with Gasteiger partial charge < -0.3 is 10.2 Å². The maximum Gasteiger partial charge on any atom is 0.234 e. The molecule has 1 aliphatic rings. The van der Waals surface area contributed by atoms with Gasteiger partial charge in [0.05, 0.1) is 6.54 Å². The number of rotatable bonds is 7. The summed E-state index contributed by atoms with van der Waals surface area (Å²) in [4.78, 5) is 25.3. The Kier molecular flexibility index (Phi) is 6.55. The molecule has 0 radical (unpaired) electrons. The Bertz CT molecular complexity index is 671. The van der Waals surface area contributed by atoms with E-state index in [1.807, 2.05) is 12.1 Å². The van der Waals surface area contributed by atoms with Gasteiger partial charge in [0.25, 0.3) is 0 Å². The van der Waals surface area contributed by atoms with Gasteiger partial charge in [-0.1, -0.05) is 37.3 Å². The number of benzene rings is 1. The molecule has 138 valence electrons. The van der Waals surface area contributed by atoms with E-state index in [2.05, 4.69) is 56.3 Å². The molecule has 0 aliphatic carbocycles. The van der Waals surface area contributed by atoms with E-state index < -0.39 is 0 Å². The zero-order valence-corrected chi connectivity index (χ0v) is 15.3. The fourth-order valence-corrected chi connectivity index (χ4v) is 3.28. The first-order valence-corrected chi connectivity index (χ1v) is 9.32. The van der Waals surface area contributed by atoms with Gasteiger partial charge in [-0.2, -0.15) is 0 Å². The van der Waals surface area contributed by atoms with E-state index in [0.717, 1.165) is 38.5 Å². The van der Waals surface area contributed by atoms with Crippen LogP contribution in [0.3, 0.4) is 0 Å². The first-order chi connectivity index (χ1) is 12.8. The smallest absolute Gasteiger partial charge is 0.234 e. The third kappa shape index (κ3) is 5.02. The molecule has 6 heteroatoms. The SMILES string of the molecule is CC[C@@H](CNC(=O)CN1CCN(c2ncccn2)CC1)c1ccccc1. The maximum atomic E-state index is 12.3. The van der Waals surface area contributed by atoms with E-state index >= 15 is 0 Å². The first-order valence-electron chi connectivity index (χ1n) is 9.32. The maximum absolute atomic E-state index is 12.3. The van der Waals surface area contributed by atoms with E-state index in [9.17, 15) is 4.79 Å². The van der Waals surface area contributed by atoms with E-state index in [0.29, 0.717) is 19.0 Å². The molecule has 3 rings (SSSR count). The molecule has 0 spiro atoms. The summed E-state index contributed by atoms with van der Waals surface area (Å²) in [6.07, 6.45) is 4.54. The standard InChI is InChI=1S/C20H27N5O/c1-2-17(18-7-4-3-5-8-18)15-23-19(26)16-24-11-13-25(14-12-24)20-21-9-6-10-22-20/h3-10,17H,2,11-16H2,1H3,(H,23,26)/t17-/m0/s1. The molecule has 1 aromatic heterocycles. The largest absolute Gasteiger partial charge is 0.354 e. The topological polar surface area (TPSA) is 61.4 Å². The Hall–Kier alpha value is -2.47. The summed E-state index contributed by atoms with van der Waals surface area (Å²) < 4.78 is 0. The van der Waals surface area contributed by atoms with Gasteiger partial charge in [-0.25, -0.2) is 9.97 Å². The number of hydrogen-bond acceptors (Lipinski definition) is 5. The van der Waals surface area contributed by atoms with E-state index in [4.69, 9.17) is 0 Å². The number of carbonyl (C=O) groups is 1. The molecular weight excluding hydrogens is 326 g/mol. The van der Waals surface area contributed by atoms with Crippen molar-refractivity contribution in [2.75, 3.05) is 44.2 Å². The van der Waals surface area contributed by atoms with Crippen molar-refractivity contribution in [3.05, 3.63) is 54.4 Å². The Labute approximate surface area is 155 Å². The third-order valence-corrected chi connectivity index (χ3v) is 4.88. The molecule has 2 heterocycles. The quantitative estimate of drug-likeness (QED) is 0.824. The minimum absolute atomic E-state index is 0.101. The number of nitrogens with zero attached hydrogens (tertiary/aromatic N) is 4. The highest BCUT2D eigenvalue weighted by molar-refractivity contribution is 5.78. The average molecular weight is 353 g/mol. The van der Waals surface area contributed by atoms with Crippen LogP contribution in [0.15, 0.2) is 48.8 Å². The lowest BCUT2D eigenvalue weighted by molar-refractivity contribution is -0.122. The molecular formula is C20H27N5O. The van der Waals surface area contributed by atoms with Gasteiger partial charge in [0.1, 0.15) is 0 Å². The van der Waals surface area contributed by atoms with Gasteiger partial charge in [-0.05, 0) is 18.1 Å². The number of hydrogen-bond donors (Lipinski definition) is 1. The van der Waals surface area contributed by atoms with E-state index in [1.54, 1.807) is 12.4 Å². The normalized spacial score (nSPS) is 16.3. The van der Waals surface area contributed by atoms with Crippen LogP contribution in [0.25, 0.3) is 0 Å². The van der Waals surface area contributed by atoms with Gasteiger partial charge in [-0.15, -0.1) is 0 Å². The van der Waals surface area contributed by atoms with E-state index in [-0.39, 0.29) is 5.91 Å². The lowest BCUT2D eigenvalue weighted by Gasteiger charge is -2.34. The van der Waals surface area contributed by atoms with Crippen molar-refractivity contribution < 1.29 is 4.79 Å². The van der Waals surface area contributed by atoms with Crippen LogP contribution in [0.5, 0.6) is 0 Å². The van der Waals surface area contributed by atoms with Gasteiger partial charge in [0, 0.05) is 51.0 Å². The molecule has 1 aliphatic heterocycles. The summed E-state index contributed by atoms with van der Waals surface area (Å²) in [6, 6.07) is 12.2. The summed E-state index contributed by atoms with van der Waals surface area (Å²) in [7, 11) is 0. The highest BCUT2D eigenvalue weighted by Gasteiger charge is 2.20. The van der Waals surface area contributed by atoms with Crippen molar-refractivity contribution >= 4 is 11.9 Å². The van der Waals surface area contributed by atoms with Crippen LogP contribution in [0.4, 0.5) is 5.95 Å². The molecule has 1 aromatic carbocycles. The number of piperazine rings is 1. The van der Waals surface area contributed by atoms with Crippen LogP contribution in [-0.2, 0) is 4.79 Å². The second-order valence-electron chi connectivity index (χ2n) is 6.63. The molecule has 1 amide bonds. The molecule has 1 saturated heterocycles. The average Bonchev–Trinajstić information content (AvgIpc) is 2.70. The van der Waals surface area contributed by atoms with Crippen molar-refractivity contribution in [2.24, 2.45) is 0 Å². The molecule has 0 unspecified atom stereocenters. The van der Waals surface area contributed by atoms with Crippen molar-refractivity contribution in [3.63, 3.8) is 0 Å². The highest BCUT2D eigenvalue weighted by Crippen LogP contribution is 2.18. The summed E-state index contributed by atoms with van der Waals surface area (Å²) in [5, 5.41) is 3.10. The second kappa shape index (κ2) is 9.29. The molecule has 1 N–H and O–H groups in total. The second-order valence-corrected chi connectivity index (χ2v) is 6.63. The van der Waals surface area contributed by atoms with Crippen molar-refractivity contribution in [1.82, 2.24) is 20.2 Å². The van der Waals surface area contributed by atoms with Gasteiger partial charge in [0.15, 0.2) is 0 Å². The minimum atomic E-state index is 0.101. The third-order valence-electron chi connectivity index (χ3n) is 4.88. The zero-order valence-electron chi connectivity index (χ0n) is 15.3. The number of amides is 1. The molecule has 1 atom stereocenters. The predicted octanol–water partition coefficient (Wildman–Crippen LogP) is 1.91. The first kappa shape index (κ1) is 18.3. The monoisotopic (exact) mass is 353 g/mol. The molecule has 1 fully saturated rings. The molecule has 0 saturated carbocycles. The summed E-state index contributed by atoms with van der Waals surface area (Å²) in [5.74, 6) is 1.24. The van der Waals surface area contributed by atoms with Crippen molar-refractivity contribution in [3.8, 4) is 0 Å². The summed E-state index contributed by atoms with van der Waals surface area (Å²) in [5.41, 5.74) is 1.28. The highest BCUT2D eigenvalue weighted by atomic mass is 16.2. The number of anilines is 1. The lowest BCUT2D eigenvalue weighted by Crippen LogP contribution is -2.50. The van der Waals surface area contributed by atoms with Crippen LogP contribution in [0.1, 0.15) is 24.8 Å². The Morgan fingerprint density at radius 2 is 1.77 bits per heavy atom. The van der Waals surface area contributed by atoms with Crippen LogP contribution in [0, 0.1) is 0 Å². The number of nitrogens with one attached hydrogen (secondary N) is 1. The van der Waals surface area contributed by atoms with Crippen LogP contribution >= 0.6 is 0 Å². The summed E-state index contributed by atoms with van der Waals surface area (Å²) in [6.45, 7) is 6.70. The lowest BCUT2D eigenvalue weighted by atomic mass is 9.96. The van der Waals surface area contributed by atoms with Gasteiger partial charge in [-0.3, -0.25) is 9.69 Å². The minimum Gasteiger partial charge on any atom is -0.354 e. The molecule has 6 nitrogen and oxygen atoms in total. The number of carbonyl (C=O) groups excluding carboxylic acids is 1.